The molecular weight excluding hydrogens is 380 g/mol. The number of methoxy groups -OCH3 is 1. The quantitative estimate of drug-likeness (QED) is 0.664. The predicted molar refractivity (Wildman–Crippen MR) is 98.5 cm³/mol. The molecule has 2 rings (SSSR count). The summed E-state index contributed by atoms with van der Waals surface area (Å²) in [5.74, 6) is 0.789. The van der Waals surface area contributed by atoms with Crippen LogP contribution < -0.4 is 19.5 Å². The summed E-state index contributed by atoms with van der Waals surface area (Å²) in [6.07, 6.45) is 0. The lowest BCUT2D eigenvalue weighted by molar-refractivity contribution is 0.0947. The Labute approximate surface area is 157 Å². The van der Waals surface area contributed by atoms with Crippen molar-refractivity contribution >= 4 is 27.5 Å². The number of hydrogen-bond acceptors (Lipinski definition) is 5. The molecule has 0 spiro atoms. The van der Waals surface area contributed by atoms with Crippen molar-refractivity contribution in [2.24, 2.45) is 0 Å². The predicted octanol–water partition coefficient (Wildman–Crippen LogP) is 2.07. The number of rotatable bonds is 8. The first kappa shape index (κ1) is 20.0. The Balaban J connectivity index is 1.96. The molecule has 0 heterocycles. The number of carbonyl (C=O) groups is 1. The lowest BCUT2D eigenvalue weighted by Gasteiger charge is -2.10. The third-order valence-electron chi connectivity index (χ3n) is 3.46. The molecule has 0 fully saturated rings. The van der Waals surface area contributed by atoms with E-state index in [4.69, 9.17) is 21.1 Å². The molecule has 2 N–H and O–H groups in total. The highest BCUT2D eigenvalue weighted by Gasteiger charge is 2.17. The van der Waals surface area contributed by atoms with Gasteiger partial charge >= 0.3 is 0 Å². The lowest BCUT2D eigenvalue weighted by Crippen LogP contribution is -2.28. The van der Waals surface area contributed by atoms with E-state index < -0.39 is 15.9 Å². The van der Waals surface area contributed by atoms with Crippen molar-refractivity contribution in [3.05, 3.63) is 53.1 Å². The number of amides is 1. The number of halogens is 1. The maximum atomic E-state index is 12.3. The average molecular weight is 399 g/mol. The van der Waals surface area contributed by atoms with E-state index in [0.29, 0.717) is 11.5 Å². The van der Waals surface area contributed by atoms with E-state index in [1.165, 1.54) is 25.2 Å². The van der Waals surface area contributed by atoms with Crippen LogP contribution in [-0.2, 0) is 10.0 Å². The number of ether oxygens (including phenoxy) is 2. The van der Waals surface area contributed by atoms with Gasteiger partial charge in [0.2, 0.25) is 10.0 Å². The summed E-state index contributed by atoms with van der Waals surface area (Å²) >= 11 is 6.01. The molecule has 26 heavy (non-hydrogen) atoms. The van der Waals surface area contributed by atoms with E-state index in [2.05, 4.69) is 10.0 Å². The minimum Gasteiger partial charge on any atom is -0.497 e. The number of sulfonamides is 1. The van der Waals surface area contributed by atoms with Gasteiger partial charge in [-0.1, -0.05) is 17.7 Å². The van der Waals surface area contributed by atoms with E-state index in [1.54, 1.807) is 31.4 Å². The highest BCUT2D eigenvalue weighted by Crippen LogP contribution is 2.21. The van der Waals surface area contributed by atoms with Crippen LogP contribution in [0.1, 0.15) is 10.4 Å². The maximum Gasteiger partial charge on any atom is 0.252 e. The largest absolute Gasteiger partial charge is 0.497 e. The molecule has 0 aliphatic rings. The molecule has 0 saturated heterocycles. The first-order valence-electron chi connectivity index (χ1n) is 7.65. The molecular formula is C17H19ClN2O5S. The Hall–Kier alpha value is -2.29. The number of carbonyl (C=O) groups excluding carboxylic acids is 1. The number of hydrogen-bond donors (Lipinski definition) is 2. The molecule has 2 aromatic carbocycles. The van der Waals surface area contributed by atoms with Gasteiger partial charge in [0, 0.05) is 6.07 Å². The van der Waals surface area contributed by atoms with Crippen LogP contribution in [0.5, 0.6) is 11.5 Å². The van der Waals surface area contributed by atoms with E-state index in [-0.39, 0.29) is 28.6 Å². The second-order valence-electron chi connectivity index (χ2n) is 5.13. The maximum absolute atomic E-state index is 12.3. The van der Waals surface area contributed by atoms with Gasteiger partial charge in [-0.15, -0.1) is 0 Å². The van der Waals surface area contributed by atoms with Crippen LogP contribution >= 0.6 is 11.6 Å². The summed E-state index contributed by atoms with van der Waals surface area (Å²) in [7, 11) is -0.812. The summed E-state index contributed by atoms with van der Waals surface area (Å²) in [6.45, 7) is 0.445. The molecule has 2 aromatic rings. The van der Waals surface area contributed by atoms with Gasteiger partial charge in [0.25, 0.3) is 5.91 Å². The molecule has 0 saturated carbocycles. The molecule has 0 aliphatic heterocycles. The smallest absolute Gasteiger partial charge is 0.252 e. The van der Waals surface area contributed by atoms with Crippen LogP contribution in [-0.4, -0.2) is 41.6 Å². The minimum absolute atomic E-state index is 0.0396. The van der Waals surface area contributed by atoms with Gasteiger partial charge in [0.1, 0.15) is 18.1 Å². The SMILES string of the molecule is CNS(=O)(=O)c1ccc(Cl)c(C(=O)NCCOc2cccc(OC)c2)c1. The minimum atomic E-state index is -3.66. The van der Waals surface area contributed by atoms with Gasteiger partial charge in [-0.05, 0) is 37.4 Å². The Kier molecular flexibility index (Phi) is 6.84. The van der Waals surface area contributed by atoms with E-state index >= 15 is 0 Å². The van der Waals surface area contributed by atoms with Gasteiger partial charge in [-0.2, -0.15) is 0 Å². The lowest BCUT2D eigenvalue weighted by atomic mass is 10.2. The summed E-state index contributed by atoms with van der Waals surface area (Å²) in [6, 6.07) is 11.0. The first-order chi connectivity index (χ1) is 12.4. The fourth-order valence-corrected chi connectivity index (χ4v) is 3.04. The highest BCUT2D eigenvalue weighted by atomic mass is 35.5. The molecule has 0 aliphatic carbocycles. The van der Waals surface area contributed by atoms with Crippen molar-refractivity contribution < 1.29 is 22.7 Å². The molecule has 140 valence electrons. The van der Waals surface area contributed by atoms with Gasteiger partial charge in [0.15, 0.2) is 0 Å². The molecule has 9 heteroatoms. The summed E-state index contributed by atoms with van der Waals surface area (Å²) in [5, 5.41) is 2.80. The molecule has 0 aromatic heterocycles. The van der Waals surface area contributed by atoms with Crippen LogP contribution in [0.15, 0.2) is 47.4 Å². The van der Waals surface area contributed by atoms with Crippen LogP contribution in [0.25, 0.3) is 0 Å². The fraction of sp³-hybridized carbons (Fsp3) is 0.235. The Morgan fingerprint density at radius 2 is 1.88 bits per heavy atom. The van der Waals surface area contributed by atoms with Crippen molar-refractivity contribution in [3.8, 4) is 11.5 Å². The topological polar surface area (TPSA) is 93.7 Å². The van der Waals surface area contributed by atoms with Gasteiger partial charge in [-0.25, -0.2) is 13.1 Å². The van der Waals surface area contributed by atoms with E-state index in [0.717, 1.165) is 0 Å². The van der Waals surface area contributed by atoms with Crippen molar-refractivity contribution in [2.45, 2.75) is 4.90 Å². The van der Waals surface area contributed by atoms with Crippen LogP contribution in [0.4, 0.5) is 0 Å². The standard InChI is InChI=1S/C17H19ClN2O5S/c1-19-26(22,23)14-6-7-16(18)15(11-14)17(21)20-8-9-25-13-5-3-4-12(10-13)24-2/h3-7,10-11,19H,8-9H2,1-2H3,(H,20,21). The van der Waals surface area contributed by atoms with Crippen molar-refractivity contribution in [3.63, 3.8) is 0 Å². The van der Waals surface area contributed by atoms with Gasteiger partial charge < -0.3 is 14.8 Å². The zero-order valence-corrected chi connectivity index (χ0v) is 15.9. The summed E-state index contributed by atoms with van der Waals surface area (Å²) in [4.78, 5) is 12.2. The zero-order chi connectivity index (χ0) is 19.2. The van der Waals surface area contributed by atoms with Crippen molar-refractivity contribution in [1.29, 1.82) is 0 Å². The van der Waals surface area contributed by atoms with Crippen LogP contribution in [0.3, 0.4) is 0 Å². The molecule has 0 bridgehead atoms. The Morgan fingerprint density at radius 3 is 2.58 bits per heavy atom. The number of nitrogens with one attached hydrogen (secondary N) is 2. The Bertz CT molecular complexity index is 886. The second kappa shape index (κ2) is 8.88. The molecule has 1 amide bonds. The van der Waals surface area contributed by atoms with E-state index in [1.807, 2.05) is 0 Å². The van der Waals surface area contributed by atoms with Crippen molar-refractivity contribution in [1.82, 2.24) is 10.0 Å². The molecule has 0 unspecified atom stereocenters. The van der Waals surface area contributed by atoms with Gasteiger partial charge in [-0.3, -0.25) is 4.79 Å². The normalized spacial score (nSPS) is 11.0. The van der Waals surface area contributed by atoms with Gasteiger partial charge in [0.05, 0.1) is 29.1 Å². The third kappa shape index (κ3) is 5.10. The molecule has 0 radical (unpaired) electrons. The second-order valence-corrected chi connectivity index (χ2v) is 7.43. The average Bonchev–Trinajstić information content (AvgIpc) is 2.65. The van der Waals surface area contributed by atoms with E-state index in [9.17, 15) is 13.2 Å². The summed E-state index contributed by atoms with van der Waals surface area (Å²) in [5.41, 5.74) is 0.0735. The fourth-order valence-electron chi connectivity index (χ4n) is 2.08. The number of benzene rings is 2. The zero-order valence-electron chi connectivity index (χ0n) is 14.3. The highest BCUT2D eigenvalue weighted by molar-refractivity contribution is 7.89. The first-order valence-corrected chi connectivity index (χ1v) is 9.51. The Morgan fingerprint density at radius 1 is 1.15 bits per heavy atom. The van der Waals surface area contributed by atoms with Crippen molar-refractivity contribution in [2.75, 3.05) is 27.3 Å². The summed E-state index contributed by atoms with van der Waals surface area (Å²) < 4.78 is 36.5. The molecule has 0 atom stereocenters. The van der Waals surface area contributed by atoms with Crippen LogP contribution in [0, 0.1) is 0 Å². The monoisotopic (exact) mass is 398 g/mol. The van der Waals surface area contributed by atoms with Crippen LogP contribution in [0.2, 0.25) is 5.02 Å². The molecule has 7 nitrogen and oxygen atoms in total. The third-order valence-corrected chi connectivity index (χ3v) is 5.20.